The van der Waals surface area contributed by atoms with Crippen LogP contribution in [0.2, 0.25) is 0 Å². The number of methoxy groups -OCH3 is 1. The predicted molar refractivity (Wildman–Crippen MR) is 84.1 cm³/mol. The van der Waals surface area contributed by atoms with E-state index in [1.807, 2.05) is 6.92 Å². The summed E-state index contributed by atoms with van der Waals surface area (Å²) in [6.07, 6.45) is 2.44. The van der Waals surface area contributed by atoms with Gasteiger partial charge in [0.2, 0.25) is 0 Å². The van der Waals surface area contributed by atoms with Gasteiger partial charge in [-0.25, -0.2) is 4.79 Å². The van der Waals surface area contributed by atoms with Crippen LogP contribution in [0.25, 0.3) is 0 Å². The van der Waals surface area contributed by atoms with Crippen molar-refractivity contribution in [2.24, 2.45) is 5.92 Å². The van der Waals surface area contributed by atoms with E-state index in [9.17, 15) is 9.59 Å². The highest BCUT2D eigenvalue weighted by Crippen LogP contribution is 2.40. The summed E-state index contributed by atoms with van der Waals surface area (Å²) in [5, 5.41) is 3.34. The summed E-state index contributed by atoms with van der Waals surface area (Å²) >= 11 is 1.23. The molecule has 1 heterocycles. The van der Waals surface area contributed by atoms with Crippen molar-refractivity contribution in [1.82, 2.24) is 5.32 Å². The van der Waals surface area contributed by atoms with Crippen molar-refractivity contribution < 1.29 is 14.3 Å². The van der Waals surface area contributed by atoms with Crippen LogP contribution in [0, 0.1) is 5.92 Å². The fourth-order valence-electron chi connectivity index (χ4n) is 2.21. The van der Waals surface area contributed by atoms with Crippen LogP contribution in [0.15, 0.2) is 0 Å². The monoisotopic (exact) mass is 311 g/mol. The van der Waals surface area contributed by atoms with E-state index in [2.05, 4.69) is 10.2 Å². The molecule has 1 fully saturated rings. The summed E-state index contributed by atoms with van der Waals surface area (Å²) in [5.74, 6) is -0.105. The molecule has 0 atom stereocenters. The molecule has 1 aromatic heterocycles. The van der Waals surface area contributed by atoms with Gasteiger partial charge in [-0.1, -0.05) is 0 Å². The minimum atomic E-state index is -0.503. The van der Waals surface area contributed by atoms with Gasteiger partial charge in [0, 0.05) is 20.1 Å². The first kappa shape index (κ1) is 15.6. The number of nitrogens with one attached hydrogen (secondary N) is 1. The molecule has 2 rings (SSSR count). The summed E-state index contributed by atoms with van der Waals surface area (Å²) in [6.45, 7) is 3.69. The number of nitrogen functional groups attached to an aromatic ring is 1. The van der Waals surface area contributed by atoms with E-state index in [-0.39, 0.29) is 11.6 Å². The summed E-state index contributed by atoms with van der Waals surface area (Å²) in [7, 11) is 2.86. The largest absolute Gasteiger partial charge is 0.465 e. The maximum Gasteiger partial charge on any atom is 0.350 e. The first-order valence-corrected chi connectivity index (χ1v) is 7.82. The van der Waals surface area contributed by atoms with Crippen LogP contribution in [-0.4, -0.2) is 39.1 Å². The zero-order valence-corrected chi connectivity index (χ0v) is 13.4. The third-order valence-corrected chi connectivity index (χ3v) is 4.84. The second kappa shape index (κ2) is 6.34. The van der Waals surface area contributed by atoms with Crippen LogP contribution in [0.4, 0.5) is 10.7 Å². The molecule has 1 aliphatic carbocycles. The molecule has 0 bridgehead atoms. The number of nitrogens with zero attached hydrogens (tertiary/aromatic N) is 1. The molecule has 7 heteroatoms. The molecule has 0 spiro atoms. The fraction of sp³-hybridized carbons (Fsp3) is 0.571. The normalized spacial score (nSPS) is 13.9. The molecule has 6 nitrogen and oxygen atoms in total. The Morgan fingerprint density at radius 3 is 2.62 bits per heavy atom. The lowest BCUT2D eigenvalue weighted by Crippen LogP contribution is -2.28. The Labute approximate surface area is 128 Å². The number of nitrogens with two attached hydrogens (primary N) is 1. The molecule has 21 heavy (non-hydrogen) atoms. The average Bonchev–Trinajstić information content (AvgIpc) is 3.25. The number of amides is 1. The number of hydrogen-bond donors (Lipinski definition) is 2. The second-order valence-electron chi connectivity index (χ2n) is 5.08. The molecule has 116 valence electrons. The molecule has 3 N–H and O–H groups in total. The van der Waals surface area contributed by atoms with Crippen LogP contribution >= 0.6 is 11.3 Å². The lowest BCUT2D eigenvalue weighted by molar-refractivity contribution is 0.0607. The number of carbonyl (C=O) groups excluding carboxylic acids is 2. The molecule has 1 amide bonds. The van der Waals surface area contributed by atoms with E-state index in [4.69, 9.17) is 10.5 Å². The van der Waals surface area contributed by atoms with Crippen LogP contribution < -0.4 is 16.0 Å². The average molecular weight is 311 g/mol. The van der Waals surface area contributed by atoms with Crippen LogP contribution in [0.3, 0.4) is 0 Å². The van der Waals surface area contributed by atoms with Crippen molar-refractivity contribution in [3.05, 3.63) is 10.4 Å². The van der Waals surface area contributed by atoms with E-state index in [1.165, 1.54) is 31.3 Å². The van der Waals surface area contributed by atoms with Gasteiger partial charge in [-0.2, -0.15) is 0 Å². The highest BCUT2D eigenvalue weighted by molar-refractivity contribution is 7.19. The molecule has 1 saturated carbocycles. The standard InChI is InChI=1S/C14H21N3O3S/c1-4-17(7-8-5-6-8)13-9(12(18)16-2)10(15)11(21-13)14(19)20-3/h8H,4-7,15H2,1-3H3,(H,16,18). The number of rotatable bonds is 6. The van der Waals surface area contributed by atoms with Crippen molar-refractivity contribution in [1.29, 1.82) is 0 Å². The number of ether oxygens (including phenoxy) is 1. The highest BCUT2D eigenvalue weighted by Gasteiger charge is 2.31. The maximum absolute atomic E-state index is 12.1. The number of carbonyl (C=O) groups is 2. The first-order chi connectivity index (χ1) is 10.0. The second-order valence-corrected chi connectivity index (χ2v) is 6.08. The minimum absolute atomic E-state index is 0.204. The molecule has 0 aromatic carbocycles. The number of thiophene rings is 1. The van der Waals surface area contributed by atoms with Gasteiger partial charge >= 0.3 is 5.97 Å². The summed E-state index contributed by atoms with van der Waals surface area (Å²) in [4.78, 5) is 26.4. The molecule has 0 aliphatic heterocycles. The van der Waals surface area contributed by atoms with Crippen molar-refractivity contribution in [3.63, 3.8) is 0 Å². The summed E-state index contributed by atoms with van der Waals surface area (Å²) < 4.78 is 4.75. The van der Waals surface area contributed by atoms with E-state index < -0.39 is 5.97 Å². The topological polar surface area (TPSA) is 84.7 Å². The SMILES string of the molecule is CCN(CC1CC1)c1sc(C(=O)OC)c(N)c1C(=O)NC. The highest BCUT2D eigenvalue weighted by atomic mass is 32.1. The number of anilines is 2. The van der Waals surface area contributed by atoms with Crippen molar-refractivity contribution in [2.75, 3.05) is 37.9 Å². The molecule has 0 radical (unpaired) electrons. The Kier molecular flexibility index (Phi) is 4.72. The zero-order chi connectivity index (χ0) is 15.6. The van der Waals surface area contributed by atoms with Gasteiger partial charge in [-0.15, -0.1) is 11.3 Å². The summed E-state index contributed by atoms with van der Waals surface area (Å²) in [5.41, 5.74) is 6.60. The van der Waals surface area contributed by atoms with Crippen molar-refractivity contribution in [2.45, 2.75) is 19.8 Å². The molecular weight excluding hydrogens is 290 g/mol. The molecular formula is C14H21N3O3S. The molecule has 1 aromatic rings. The Morgan fingerprint density at radius 2 is 2.14 bits per heavy atom. The van der Waals surface area contributed by atoms with E-state index >= 15 is 0 Å². The molecule has 1 aliphatic rings. The number of hydrogen-bond acceptors (Lipinski definition) is 6. The van der Waals surface area contributed by atoms with Gasteiger partial charge < -0.3 is 20.7 Å². The van der Waals surface area contributed by atoms with E-state index in [0.29, 0.717) is 16.4 Å². The van der Waals surface area contributed by atoms with Crippen LogP contribution in [0.5, 0.6) is 0 Å². The fourth-order valence-corrected chi connectivity index (χ4v) is 3.42. The lowest BCUT2D eigenvalue weighted by atomic mass is 10.2. The third kappa shape index (κ3) is 3.12. The Bertz CT molecular complexity index is 552. The maximum atomic E-state index is 12.1. The third-order valence-electron chi connectivity index (χ3n) is 3.60. The van der Waals surface area contributed by atoms with Crippen molar-refractivity contribution in [3.8, 4) is 0 Å². The molecule has 0 saturated heterocycles. The van der Waals surface area contributed by atoms with Gasteiger partial charge in [-0.05, 0) is 25.7 Å². The van der Waals surface area contributed by atoms with E-state index in [0.717, 1.165) is 18.1 Å². The quantitative estimate of drug-likeness (QED) is 0.781. The Hall–Kier alpha value is -1.76. The molecule has 0 unspecified atom stereocenters. The smallest absolute Gasteiger partial charge is 0.350 e. The van der Waals surface area contributed by atoms with Gasteiger partial charge in [0.25, 0.3) is 5.91 Å². The zero-order valence-electron chi connectivity index (χ0n) is 12.6. The van der Waals surface area contributed by atoms with Gasteiger partial charge in [-0.3, -0.25) is 4.79 Å². The predicted octanol–water partition coefficient (Wildman–Crippen LogP) is 1.71. The lowest BCUT2D eigenvalue weighted by Gasteiger charge is -2.22. The minimum Gasteiger partial charge on any atom is -0.465 e. The Morgan fingerprint density at radius 1 is 1.48 bits per heavy atom. The van der Waals surface area contributed by atoms with E-state index in [1.54, 1.807) is 7.05 Å². The van der Waals surface area contributed by atoms with Gasteiger partial charge in [0.1, 0.15) is 9.88 Å². The first-order valence-electron chi connectivity index (χ1n) is 7.01. The van der Waals surface area contributed by atoms with Gasteiger partial charge in [0.15, 0.2) is 0 Å². The van der Waals surface area contributed by atoms with Gasteiger partial charge in [0.05, 0.1) is 18.4 Å². The Balaban J connectivity index is 2.45. The number of esters is 1. The van der Waals surface area contributed by atoms with Crippen molar-refractivity contribution >= 4 is 33.9 Å². The summed E-state index contributed by atoms with van der Waals surface area (Å²) in [6, 6.07) is 0. The van der Waals surface area contributed by atoms with Crippen LogP contribution in [-0.2, 0) is 4.74 Å². The van der Waals surface area contributed by atoms with Crippen LogP contribution in [0.1, 0.15) is 39.8 Å².